The molecule has 33 heavy (non-hydrogen) atoms. The largest absolute Gasteiger partial charge is 0.330 e. The van der Waals surface area contributed by atoms with Gasteiger partial charge in [0.1, 0.15) is 0 Å². The van der Waals surface area contributed by atoms with Crippen LogP contribution in [0.4, 0.5) is 0 Å². The van der Waals surface area contributed by atoms with Crippen LogP contribution in [0.1, 0.15) is 42.7 Å². The highest BCUT2D eigenvalue weighted by Gasteiger charge is 2.19. The van der Waals surface area contributed by atoms with Crippen molar-refractivity contribution < 1.29 is 4.79 Å². The minimum atomic E-state index is -0.0867. The number of nitriles is 1. The summed E-state index contributed by atoms with van der Waals surface area (Å²) < 4.78 is 1.94. The van der Waals surface area contributed by atoms with E-state index in [2.05, 4.69) is 30.3 Å². The molecule has 0 saturated carbocycles. The van der Waals surface area contributed by atoms with Crippen LogP contribution in [0, 0.1) is 17.2 Å². The van der Waals surface area contributed by atoms with E-state index in [0.717, 1.165) is 23.2 Å². The van der Waals surface area contributed by atoms with E-state index >= 15 is 0 Å². The van der Waals surface area contributed by atoms with Crippen molar-refractivity contribution in [3.63, 3.8) is 0 Å². The van der Waals surface area contributed by atoms with Crippen LogP contribution >= 0.6 is 23.2 Å². The van der Waals surface area contributed by atoms with Gasteiger partial charge in [0.15, 0.2) is 0 Å². The Morgan fingerprint density at radius 3 is 2.67 bits per heavy atom. The van der Waals surface area contributed by atoms with Crippen molar-refractivity contribution in [3.8, 4) is 6.07 Å². The van der Waals surface area contributed by atoms with E-state index in [0.29, 0.717) is 41.2 Å². The van der Waals surface area contributed by atoms with Gasteiger partial charge < -0.3 is 4.57 Å². The Balaban J connectivity index is 1.74. The summed E-state index contributed by atoms with van der Waals surface area (Å²) in [5.41, 5.74) is 6.48. The Labute approximate surface area is 204 Å². The predicted octanol–water partition coefficient (Wildman–Crippen LogP) is 5.23. The number of nitrogens with one attached hydrogen (secondary N) is 1. The highest BCUT2D eigenvalue weighted by molar-refractivity contribution is 6.42. The molecular weight excluding hydrogens is 457 g/mol. The number of halogens is 2. The fourth-order valence-electron chi connectivity index (χ4n) is 3.33. The lowest BCUT2D eigenvalue weighted by molar-refractivity contribution is -0.134. The first-order valence-corrected chi connectivity index (χ1v) is 11.6. The van der Waals surface area contributed by atoms with Crippen LogP contribution in [0.15, 0.2) is 55.0 Å². The second kappa shape index (κ2) is 11.9. The van der Waals surface area contributed by atoms with Gasteiger partial charge in [-0.15, -0.1) is 0 Å². The molecule has 0 radical (unpaired) electrons. The number of nitrogens with zero attached hydrogens (tertiary/aromatic N) is 4. The quantitative estimate of drug-likeness (QED) is 0.400. The van der Waals surface area contributed by atoms with Crippen LogP contribution in [0.3, 0.4) is 0 Å². The second-order valence-corrected chi connectivity index (χ2v) is 9.07. The Bertz CT molecular complexity index is 1120. The molecule has 3 aromatic rings. The van der Waals surface area contributed by atoms with Gasteiger partial charge in [0.25, 0.3) is 0 Å². The van der Waals surface area contributed by atoms with E-state index in [-0.39, 0.29) is 12.3 Å². The smallest absolute Gasteiger partial charge is 0.242 e. The summed E-state index contributed by atoms with van der Waals surface area (Å²) >= 11 is 12.5. The predicted molar refractivity (Wildman–Crippen MR) is 131 cm³/mol. The number of carbonyl (C=O) groups is 1. The zero-order valence-electron chi connectivity index (χ0n) is 18.8. The number of hydrazine groups is 1. The number of hydrogen-bond donors (Lipinski definition) is 1. The SMILES string of the molecule is CC(C)CCNN(Cc1cccc(Cl)c1Cl)C(=O)Cc1cncn1Cc1ccc(C#N)cc1. The summed E-state index contributed by atoms with van der Waals surface area (Å²) in [6.45, 7) is 5.83. The van der Waals surface area contributed by atoms with E-state index in [4.69, 9.17) is 28.5 Å². The standard InChI is InChI=1S/C25H27Cl2N5O/c1-18(2)10-11-30-32(16-21-4-3-5-23(26)25(21)27)24(33)12-22-14-29-17-31(22)15-20-8-6-19(13-28)7-9-20/h3-9,14,17-18,30H,10-12,15-16H2,1-2H3. The van der Waals surface area contributed by atoms with Crippen molar-refractivity contribution in [1.29, 1.82) is 5.26 Å². The molecule has 1 amide bonds. The number of benzene rings is 2. The van der Waals surface area contributed by atoms with Gasteiger partial charge in [0.05, 0.1) is 41.0 Å². The molecule has 0 atom stereocenters. The molecule has 0 aliphatic carbocycles. The first-order chi connectivity index (χ1) is 15.9. The summed E-state index contributed by atoms with van der Waals surface area (Å²) in [5.74, 6) is 0.425. The minimum absolute atomic E-state index is 0.0867. The number of rotatable bonds is 10. The molecule has 3 rings (SSSR count). The lowest BCUT2D eigenvalue weighted by Crippen LogP contribution is -2.44. The minimum Gasteiger partial charge on any atom is -0.330 e. The van der Waals surface area contributed by atoms with Crippen LogP contribution < -0.4 is 5.43 Å². The summed E-state index contributed by atoms with van der Waals surface area (Å²) in [4.78, 5) is 17.5. The highest BCUT2D eigenvalue weighted by atomic mass is 35.5. The Kier molecular flexibility index (Phi) is 8.90. The van der Waals surface area contributed by atoms with E-state index in [9.17, 15) is 4.79 Å². The molecule has 0 unspecified atom stereocenters. The molecule has 0 spiro atoms. The van der Waals surface area contributed by atoms with Crippen molar-refractivity contribution in [2.75, 3.05) is 6.54 Å². The van der Waals surface area contributed by atoms with Gasteiger partial charge >= 0.3 is 0 Å². The molecule has 8 heteroatoms. The third kappa shape index (κ3) is 7.06. The van der Waals surface area contributed by atoms with Gasteiger partial charge in [-0.2, -0.15) is 5.26 Å². The van der Waals surface area contributed by atoms with Gasteiger partial charge in [-0.05, 0) is 41.7 Å². The monoisotopic (exact) mass is 483 g/mol. The number of imidazole rings is 1. The third-order valence-electron chi connectivity index (χ3n) is 5.25. The Morgan fingerprint density at radius 2 is 1.97 bits per heavy atom. The van der Waals surface area contributed by atoms with Gasteiger partial charge in [-0.1, -0.05) is 61.3 Å². The Morgan fingerprint density at radius 1 is 1.21 bits per heavy atom. The van der Waals surface area contributed by atoms with Crippen LogP contribution in [0.2, 0.25) is 10.0 Å². The molecule has 0 aliphatic heterocycles. The average Bonchev–Trinajstić information content (AvgIpc) is 3.22. The van der Waals surface area contributed by atoms with Crippen molar-refractivity contribution in [3.05, 3.63) is 87.4 Å². The van der Waals surface area contributed by atoms with Crippen LogP contribution in [0.5, 0.6) is 0 Å². The first kappa shape index (κ1) is 24.8. The van der Waals surface area contributed by atoms with Gasteiger partial charge in [-0.3, -0.25) is 9.80 Å². The molecule has 6 nitrogen and oxygen atoms in total. The molecule has 1 aromatic heterocycles. The maximum Gasteiger partial charge on any atom is 0.242 e. The molecule has 172 valence electrons. The van der Waals surface area contributed by atoms with Gasteiger partial charge in [0.2, 0.25) is 5.91 Å². The van der Waals surface area contributed by atoms with E-state index < -0.39 is 0 Å². The molecular formula is C25H27Cl2N5O. The zero-order chi connectivity index (χ0) is 23.8. The molecule has 0 bridgehead atoms. The Hall–Kier alpha value is -2.85. The van der Waals surface area contributed by atoms with E-state index in [1.807, 2.05) is 28.8 Å². The van der Waals surface area contributed by atoms with E-state index in [1.54, 1.807) is 35.7 Å². The maximum atomic E-state index is 13.3. The summed E-state index contributed by atoms with van der Waals surface area (Å²) in [6.07, 6.45) is 4.54. The summed E-state index contributed by atoms with van der Waals surface area (Å²) in [6, 6.07) is 14.9. The van der Waals surface area contributed by atoms with Crippen LogP contribution in [0.25, 0.3) is 0 Å². The number of amides is 1. The lowest BCUT2D eigenvalue weighted by atomic mass is 10.1. The maximum absolute atomic E-state index is 13.3. The second-order valence-electron chi connectivity index (χ2n) is 8.28. The summed E-state index contributed by atoms with van der Waals surface area (Å²) in [7, 11) is 0. The van der Waals surface area contributed by atoms with E-state index in [1.165, 1.54) is 0 Å². The van der Waals surface area contributed by atoms with Crippen LogP contribution in [-0.2, 0) is 24.3 Å². The van der Waals surface area contributed by atoms with Crippen molar-refractivity contribution in [2.45, 2.75) is 39.8 Å². The van der Waals surface area contributed by atoms with Crippen molar-refractivity contribution >= 4 is 29.1 Å². The molecule has 2 aromatic carbocycles. The fraction of sp³-hybridized carbons (Fsp3) is 0.320. The lowest BCUT2D eigenvalue weighted by Gasteiger charge is -2.25. The van der Waals surface area contributed by atoms with Gasteiger partial charge in [-0.25, -0.2) is 10.4 Å². The molecule has 1 N–H and O–H groups in total. The number of hydrogen-bond acceptors (Lipinski definition) is 4. The number of carbonyl (C=O) groups excluding carboxylic acids is 1. The highest BCUT2D eigenvalue weighted by Crippen LogP contribution is 2.26. The first-order valence-electron chi connectivity index (χ1n) is 10.8. The molecule has 0 fully saturated rings. The topological polar surface area (TPSA) is 74.0 Å². The normalized spacial score (nSPS) is 10.9. The molecule has 1 heterocycles. The zero-order valence-corrected chi connectivity index (χ0v) is 20.3. The number of aromatic nitrogens is 2. The molecule has 0 aliphatic rings. The summed E-state index contributed by atoms with van der Waals surface area (Å²) in [5, 5.41) is 11.5. The van der Waals surface area contributed by atoms with Crippen molar-refractivity contribution in [2.24, 2.45) is 5.92 Å². The van der Waals surface area contributed by atoms with Crippen molar-refractivity contribution in [1.82, 2.24) is 20.0 Å². The molecule has 0 saturated heterocycles. The third-order valence-corrected chi connectivity index (χ3v) is 6.11. The van der Waals surface area contributed by atoms with Crippen LogP contribution in [-0.4, -0.2) is 27.0 Å². The fourth-order valence-corrected chi connectivity index (χ4v) is 3.71. The average molecular weight is 484 g/mol. The van der Waals surface area contributed by atoms with Gasteiger partial charge in [0, 0.05) is 25.0 Å².